The molecule has 4 rings (SSSR count). The Hall–Kier alpha value is -4.47. The van der Waals surface area contributed by atoms with Gasteiger partial charge in [-0.25, -0.2) is 27.2 Å². The van der Waals surface area contributed by atoms with Crippen molar-refractivity contribution in [2.45, 2.75) is 13.5 Å². The van der Waals surface area contributed by atoms with Crippen molar-refractivity contribution in [3.63, 3.8) is 0 Å². The molecule has 4 aromatic rings. The Labute approximate surface area is 195 Å². The van der Waals surface area contributed by atoms with Gasteiger partial charge in [0.25, 0.3) is 0 Å². The van der Waals surface area contributed by atoms with Gasteiger partial charge in [-0.1, -0.05) is 12.1 Å². The minimum absolute atomic E-state index is 0.0702. The fraction of sp³-hybridized carbons (Fsp3) is 0.0800. The van der Waals surface area contributed by atoms with E-state index in [0.717, 1.165) is 4.90 Å². The molecule has 0 aliphatic heterocycles. The second-order valence-electron chi connectivity index (χ2n) is 7.60. The van der Waals surface area contributed by atoms with Crippen LogP contribution >= 0.6 is 0 Å². The van der Waals surface area contributed by atoms with Crippen molar-refractivity contribution in [1.82, 2.24) is 0 Å². The summed E-state index contributed by atoms with van der Waals surface area (Å²) in [5, 5.41) is 10.4. The number of nitrogens with zero attached hydrogens (tertiary/aromatic N) is 2. The number of carbonyl (C=O) groups is 1. The van der Waals surface area contributed by atoms with Crippen molar-refractivity contribution in [3.8, 4) is 0 Å². The summed E-state index contributed by atoms with van der Waals surface area (Å²) < 4.78 is 59.4. The first kappa shape index (κ1) is 23.7. The fourth-order valence-corrected chi connectivity index (χ4v) is 3.46. The van der Waals surface area contributed by atoms with Crippen molar-refractivity contribution >= 4 is 34.7 Å². The van der Waals surface area contributed by atoms with Crippen LogP contribution in [0.5, 0.6) is 0 Å². The number of amides is 1. The van der Waals surface area contributed by atoms with Crippen LogP contribution in [0.25, 0.3) is 11.0 Å². The van der Waals surface area contributed by atoms with Gasteiger partial charge in [0.15, 0.2) is 23.3 Å². The van der Waals surface area contributed by atoms with Gasteiger partial charge in [-0.3, -0.25) is 9.89 Å². The molecule has 0 spiro atoms. The monoisotopic (exact) mass is 484 g/mol. The van der Waals surface area contributed by atoms with E-state index < -0.39 is 40.6 Å². The number of halogens is 4. The van der Waals surface area contributed by atoms with Gasteiger partial charge in [-0.05, 0) is 42.3 Å². The largest absolute Gasteiger partial charge is 0.465 e. The van der Waals surface area contributed by atoms with Gasteiger partial charge in [0, 0.05) is 29.8 Å². The van der Waals surface area contributed by atoms with Crippen LogP contribution in [0.1, 0.15) is 16.7 Å². The number of carboxylic acid groups (broad SMARTS) is 1. The third-order valence-corrected chi connectivity index (χ3v) is 5.24. The van der Waals surface area contributed by atoms with E-state index in [1.807, 2.05) is 0 Å². The van der Waals surface area contributed by atoms with Crippen molar-refractivity contribution in [2.75, 3.05) is 4.90 Å². The second kappa shape index (κ2) is 9.41. The van der Waals surface area contributed by atoms with Crippen LogP contribution in [0, 0.1) is 30.2 Å². The highest BCUT2D eigenvalue weighted by Gasteiger charge is 2.18. The lowest BCUT2D eigenvalue weighted by Crippen LogP contribution is -2.28. The Kier molecular flexibility index (Phi) is 6.37. The number of hydrogen-bond acceptors (Lipinski definition) is 4. The molecule has 0 atom stereocenters. The molecule has 178 valence electrons. The third kappa shape index (κ3) is 4.91. The number of rotatable bonds is 5. The normalized spacial score (nSPS) is 11.3. The first-order chi connectivity index (χ1) is 16.6. The molecule has 0 radical (unpaired) electrons. The zero-order valence-corrected chi connectivity index (χ0v) is 18.1. The minimum atomic E-state index is -1.57. The molecule has 35 heavy (non-hydrogen) atoms. The Morgan fingerprint density at radius 3 is 2.29 bits per heavy atom. The highest BCUT2D eigenvalue weighted by atomic mass is 19.2. The Balaban J connectivity index is 1.57. The average Bonchev–Trinajstić information content (AvgIpc) is 2.81. The molecule has 0 aliphatic rings. The number of hydrogen-bond donors (Lipinski definition) is 1. The first-order valence-corrected chi connectivity index (χ1v) is 10.1. The lowest BCUT2D eigenvalue weighted by atomic mass is 10.1. The third-order valence-electron chi connectivity index (χ3n) is 5.24. The average molecular weight is 484 g/mol. The molecule has 10 heteroatoms. The first-order valence-electron chi connectivity index (χ1n) is 10.1. The Morgan fingerprint density at radius 2 is 1.66 bits per heavy atom. The SMILES string of the molecule is Cc1cc(=O)oc2cc(N(Cc3ccc(N=Cc4c(F)c(F)cc(F)c4F)cc3)C(=O)O)ccc12. The van der Waals surface area contributed by atoms with Crippen LogP contribution in [0.4, 0.5) is 33.7 Å². The molecule has 3 aromatic carbocycles. The molecule has 0 unspecified atom stereocenters. The van der Waals surface area contributed by atoms with Crippen molar-refractivity contribution < 1.29 is 31.9 Å². The van der Waals surface area contributed by atoms with Crippen molar-refractivity contribution in [3.05, 3.63) is 105 Å². The van der Waals surface area contributed by atoms with Crippen LogP contribution in [0.15, 0.2) is 68.8 Å². The van der Waals surface area contributed by atoms with Gasteiger partial charge >= 0.3 is 11.7 Å². The van der Waals surface area contributed by atoms with E-state index in [4.69, 9.17) is 4.42 Å². The molecule has 0 saturated heterocycles. The topological polar surface area (TPSA) is 83.1 Å². The summed E-state index contributed by atoms with van der Waals surface area (Å²) in [4.78, 5) is 28.4. The van der Waals surface area contributed by atoms with E-state index in [-0.39, 0.29) is 29.6 Å². The zero-order valence-electron chi connectivity index (χ0n) is 18.1. The minimum Gasteiger partial charge on any atom is -0.465 e. The molecule has 1 N–H and O–H groups in total. The van der Waals surface area contributed by atoms with E-state index in [9.17, 15) is 32.3 Å². The molecule has 1 amide bonds. The molecule has 0 aliphatic carbocycles. The van der Waals surface area contributed by atoms with Crippen LogP contribution < -0.4 is 10.5 Å². The lowest BCUT2D eigenvalue weighted by Gasteiger charge is -2.20. The van der Waals surface area contributed by atoms with E-state index >= 15 is 0 Å². The number of fused-ring (bicyclic) bond motifs is 1. The quantitative estimate of drug-likeness (QED) is 0.161. The zero-order chi connectivity index (χ0) is 25.3. The molecule has 1 heterocycles. The number of anilines is 1. The number of aliphatic imine (C=N–C) groups is 1. The molecular formula is C25H16F4N2O4. The van der Waals surface area contributed by atoms with Crippen molar-refractivity contribution in [1.29, 1.82) is 0 Å². The van der Waals surface area contributed by atoms with Crippen LogP contribution in [-0.2, 0) is 6.54 Å². The summed E-state index contributed by atoms with van der Waals surface area (Å²) in [6.45, 7) is 1.67. The summed E-state index contributed by atoms with van der Waals surface area (Å²) >= 11 is 0. The Morgan fingerprint density at radius 1 is 1.00 bits per heavy atom. The summed E-state index contributed by atoms with van der Waals surface area (Å²) in [6, 6.07) is 12.1. The summed E-state index contributed by atoms with van der Waals surface area (Å²) in [7, 11) is 0. The van der Waals surface area contributed by atoms with Crippen LogP contribution in [0.3, 0.4) is 0 Å². The number of benzene rings is 3. The van der Waals surface area contributed by atoms with Crippen LogP contribution in [0.2, 0.25) is 0 Å². The lowest BCUT2D eigenvalue weighted by molar-refractivity contribution is 0.201. The molecule has 0 saturated carbocycles. The molecule has 1 aromatic heterocycles. The smallest absolute Gasteiger partial charge is 0.412 e. The number of aryl methyl sites for hydroxylation is 1. The highest BCUT2D eigenvalue weighted by Crippen LogP contribution is 2.26. The Bertz CT molecular complexity index is 1510. The van der Waals surface area contributed by atoms with Gasteiger partial charge in [0.2, 0.25) is 0 Å². The van der Waals surface area contributed by atoms with Gasteiger partial charge in [-0.2, -0.15) is 0 Å². The second-order valence-corrected chi connectivity index (χ2v) is 7.60. The van der Waals surface area contributed by atoms with Crippen molar-refractivity contribution in [2.24, 2.45) is 4.99 Å². The van der Waals surface area contributed by atoms with Gasteiger partial charge in [-0.15, -0.1) is 0 Å². The maximum Gasteiger partial charge on any atom is 0.412 e. The maximum absolute atomic E-state index is 13.8. The predicted molar refractivity (Wildman–Crippen MR) is 121 cm³/mol. The van der Waals surface area contributed by atoms with E-state index in [1.54, 1.807) is 19.1 Å². The summed E-state index contributed by atoms with van der Waals surface area (Å²) in [5.74, 6) is -6.22. The highest BCUT2D eigenvalue weighted by molar-refractivity contribution is 5.91. The predicted octanol–water partition coefficient (Wildman–Crippen LogP) is 6.09. The maximum atomic E-state index is 13.8. The molecule has 6 nitrogen and oxygen atoms in total. The van der Waals surface area contributed by atoms with E-state index in [2.05, 4.69) is 4.99 Å². The van der Waals surface area contributed by atoms with Gasteiger partial charge in [0.05, 0.1) is 23.5 Å². The van der Waals surface area contributed by atoms with Gasteiger partial charge in [0.1, 0.15) is 5.58 Å². The van der Waals surface area contributed by atoms with E-state index in [0.29, 0.717) is 22.7 Å². The summed E-state index contributed by atoms with van der Waals surface area (Å²) in [5.41, 5.74) is 0.472. The molecule has 0 bridgehead atoms. The fourth-order valence-electron chi connectivity index (χ4n) is 3.46. The van der Waals surface area contributed by atoms with E-state index in [1.165, 1.54) is 36.4 Å². The van der Waals surface area contributed by atoms with Gasteiger partial charge < -0.3 is 9.52 Å². The molecular weight excluding hydrogens is 468 g/mol. The molecule has 0 fully saturated rings. The van der Waals surface area contributed by atoms with Crippen LogP contribution in [-0.4, -0.2) is 17.4 Å². The summed E-state index contributed by atoms with van der Waals surface area (Å²) in [6.07, 6.45) is -0.583. The standard InChI is InChI=1S/C25H16F4N2O4/c1-13-8-22(32)35-21-9-16(6-7-17(13)21)31(25(33)34)12-14-2-4-15(5-3-14)30-11-18-23(28)19(26)10-20(27)24(18)29/h2-11H,12H2,1H3,(H,33,34).